The van der Waals surface area contributed by atoms with E-state index < -0.39 is 0 Å². The van der Waals surface area contributed by atoms with Gasteiger partial charge in [-0.1, -0.05) is 6.07 Å². The van der Waals surface area contributed by atoms with Crippen molar-refractivity contribution in [1.29, 1.82) is 0 Å². The summed E-state index contributed by atoms with van der Waals surface area (Å²) in [6.07, 6.45) is 5.08. The van der Waals surface area contributed by atoms with E-state index in [4.69, 9.17) is 4.74 Å². The van der Waals surface area contributed by atoms with E-state index in [1.54, 1.807) is 12.0 Å². The molecule has 0 N–H and O–H groups in total. The maximum Gasteiger partial charge on any atom is 0.263 e. The summed E-state index contributed by atoms with van der Waals surface area (Å²) in [6, 6.07) is 10.4. The Morgan fingerprint density at radius 2 is 2.12 bits per heavy atom. The van der Waals surface area contributed by atoms with Gasteiger partial charge in [0.1, 0.15) is 10.6 Å². The lowest BCUT2D eigenvalue weighted by molar-refractivity contribution is 0.0831. The lowest BCUT2D eigenvalue weighted by atomic mass is 9.95. The Kier molecular flexibility index (Phi) is 5.39. The lowest BCUT2D eigenvalue weighted by Gasteiger charge is -2.17. The topological polar surface area (TPSA) is 50.6 Å². The molecule has 0 saturated carbocycles. The fraction of sp³-hybridized carbons (Fsp3) is 0.360. The van der Waals surface area contributed by atoms with Gasteiger partial charge in [-0.3, -0.25) is 9.69 Å². The zero-order valence-electron chi connectivity index (χ0n) is 19.0. The number of amides is 1. The minimum Gasteiger partial charge on any atom is -0.497 e. The average Bonchev–Trinajstić information content (AvgIpc) is 3.49. The quantitative estimate of drug-likeness (QED) is 0.451. The second-order valence-corrected chi connectivity index (χ2v) is 9.77. The van der Waals surface area contributed by atoms with Crippen molar-refractivity contribution in [3.05, 3.63) is 58.7 Å². The van der Waals surface area contributed by atoms with Gasteiger partial charge in [0, 0.05) is 69.4 Å². The molecular weight excluding hydrogens is 420 g/mol. The fourth-order valence-corrected chi connectivity index (χ4v) is 6.12. The van der Waals surface area contributed by atoms with Crippen molar-refractivity contribution in [2.45, 2.75) is 18.9 Å². The van der Waals surface area contributed by atoms with Gasteiger partial charge in [-0.15, -0.1) is 11.3 Å². The van der Waals surface area contributed by atoms with Crippen LogP contribution < -0.4 is 4.74 Å². The van der Waals surface area contributed by atoms with Gasteiger partial charge in [0.2, 0.25) is 0 Å². The van der Waals surface area contributed by atoms with Crippen LogP contribution in [-0.2, 0) is 13.6 Å². The highest BCUT2D eigenvalue weighted by molar-refractivity contribution is 7.20. The number of hydrogen-bond donors (Lipinski definition) is 0. The van der Waals surface area contributed by atoms with E-state index in [2.05, 4.69) is 45.9 Å². The first-order valence-electron chi connectivity index (χ1n) is 10.9. The Bertz CT molecular complexity index is 1310. The van der Waals surface area contributed by atoms with Gasteiger partial charge in [0.05, 0.1) is 17.5 Å². The minimum atomic E-state index is 0.0736. The fourth-order valence-electron chi connectivity index (χ4n) is 4.87. The number of thiophene rings is 1. The molecule has 1 amide bonds. The Labute approximate surface area is 192 Å². The second-order valence-electron chi connectivity index (χ2n) is 8.77. The molecule has 1 fully saturated rings. The normalized spacial score (nSPS) is 16.8. The van der Waals surface area contributed by atoms with Crippen molar-refractivity contribution in [3.63, 3.8) is 0 Å². The SMILES string of the molecule is COc1ccc2c(CN3CC[C@@H](c4c(C(=O)N(C)C)sc5ncccc45)C3)cn(C)c2c1. The van der Waals surface area contributed by atoms with Crippen molar-refractivity contribution in [2.75, 3.05) is 34.3 Å². The van der Waals surface area contributed by atoms with Crippen molar-refractivity contribution >= 4 is 38.4 Å². The van der Waals surface area contributed by atoms with Gasteiger partial charge in [-0.25, -0.2) is 4.98 Å². The number of carbonyl (C=O) groups excluding carboxylic acids is 1. The smallest absolute Gasteiger partial charge is 0.263 e. The summed E-state index contributed by atoms with van der Waals surface area (Å²) in [5, 5.41) is 2.40. The lowest BCUT2D eigenvalue weighted by Crippen LogP contribution is -2.23. The molecule has 0 unspecified atom stereocenters. The molecule has 4 heterocycles. The minimum absolute atomic E-state index is 0.0736. The number of nitrogens with zero attached hydrogens (tertiary/aromatic N) is 4. The van der Waals surface area contributed by atoms with Crippen LogP contribution in [0.5, 0.6) is 5.75 Å². The van der Waals surface area contributed by atoms with Gasteiger partial charge in [0.15, 0.2) is 0 Å². The molecule has 1 saturated heterocycles. The zero-order valence-corrected chi connectivity index (χ0v) is 19.8. The molecule has 7 heteroatoms. The third-order valence-electron chi connectivity index (χ3n) is 6.46. The van der Waals surface area contributed by atoms with Gasteiger partial charge >= 0.3 is 0 Å². The van der Waals surface area contributed by atoms with E-state index in [1.165, 1.54) is 33.4 Å². The molecule has 0 bridgehead atoms. The second kappa shape index (κ2) is 8.22. The summed E-state index contributed by atoms with van der Waals surface area (Å²) in [5.41, 5.74) is 3.69. The highest BCUT2D eigenvalue weighted by Crippen LogP contribution is 2.40. The molecule has 5 rings (SSSR count). The van der Waals surface area contributed by atoms with Crippen LogP contribution >= 0.6 is 11.3 Å². The molecule has 1 atom stereocenters. The van der Waals surface area contributed by atoms with Crippen LogP contribution in [0.2, 0.25) is 0 Å². The predicted molar refractivity (Wildman–Crippen MR) is 130 cm³/mol. The van der Waals surface area contributed by atoms with Gasteiger partial charge in [0.25, 0.3) is 5.91 Å². The number of rotatable bonds is 5. The molecule has 0 spiro atoms. The number of hydrogen-bond acceptors (Lipinski definition) is 5. The van der Waals surface area contributed by atoms with Crippen LogP contribution in [0.3, 0.4) is 0 Å². The van der Waals surface area contributed by atoms with Crippen molar-refractivity contribution in [2.24, 2.45) is 7.05 Å². The summed E-state index contributed by atoms with van der Waals surface area (Å²) in [7, 11) is 7.43. The van der Waals surface area contributed by atoms with Crippen molar-refractivity contribution in [3.8, 4) is 5.75 Å². The number of aromatic nitrogens is 2. The van der Waals surface area contributed by atoms with Crippen LogP contribution in [0.15, 0.2) is 42.7 Å². The molecule has 4 aromatic rings. The third-order valence-corrected chi connectivity index (χ3v) is 7.58. The van der Waals surface area contributed by atoms with Crippen molar-refractivity contribution in [1.82, 2.24) is 19.4 Å². The average molecular weight is 449 g/mol. The first-order chi connectivity index (χ1) is 15.5. The molecule has 1 aromatic carbocycles. The van der Waals surface area contributed by atoms with Gasteiger partial charge in [-0.2, -0.15) is 0 Å². The number of carbonyl (C=O) groups is 1. The van der Waals surface area contributed by atoms with Crippen LogP contribution in [0.25, 0.3) is 21.1 Å². The van der Waals surface area contributed by atoms with Crippen molar-refractivity contribution < 1.29 is 9.53 Å². The van der Waals surface area contributed by atoms with E-state index >= 15 is 0 Å². The molecule has 1 aliphatic heterocycles. The Hall–Kier alpha value is -2.90. The Morgan fingerprint density at radius 1 is 1.28 bits per heavy atom. The first-order valence-corrected chi connectivity index (χ1v) is 11.7. The Balaban J connectivity index is 1.43. The summed E-state index contributed by atoms with van der Waals surface area (Å²) >= 11 is 1.53. The monoisotopic (exact) mass is 448 g/mol. The Morgan fingerprint density at radius 3 is 2.91 bits per heavy atom. The van der Waals surface area contributed by atoms with Crippen LogP contribution in [0.4, 0.5) is 0 Å². The molecule has 0 radical (unpaired) electrons. The predicted octanol–water partition coefficient (Wildman–Crippen LogP) is 4.49. The number of fused-ring (bicyclic) bond motifs is 2. The summed E-state index contributed by atoms with van der Waals surface area (Å²) in [5.74, 6) is 1.29. The highest BCUT2D eigenvalue weighted by Gasteiger charge is 2.31. The first kappa shape index (κ1) is 21.0. The van der Waals surface area contributed by atoms with E-state index in [0.29, 0.717) is 5.92 Å². The largest absolute Gasteiger partial charge is 0.497 e. The van der Waals surface area contributed by atoms with E-state index in [1.807, 2.05) is 32.4 Å². The molecule has 166 valence electrons. The summed E-state index contributed by atoms with van der Waals surface area (Å²) < 4.78 is 7.57. The van der Waals surface area contributed by atoms with E-state index in [-0.39, 0.29) is 5.91 Å². The number of aryl methyl sites for hydroxylation is 1. The zero-order chi connectivity index (χ0) is 22.4. The number of likely N-dealkylation sites (tertiary alicyclic amines) is 1. The van der Waals surface area contributed by atoms with Gasteiger partial charge < -0.3 is 14.2 Å². The molecular formula is C25H28N4O2S. The van der Waals surface area contributed by atoms with Crippen LogP contribution in [0, 0.1) is 0 Å². The van der Waals surface area contributed by atoms with E-state index in [0.717, 1.165) is 46.9 Å². The molecule has 0 aliphatic carbocycles. The van der Waals surface area contributed by atoms with Gasteiger partial charge in [-0.05, 0) is 42.3 Å². The summed E-state index contributed by atoms with van der Waals surface area (Å²) in [4.78, 5) is 23.5. The molecule has 6 nitrogen and oxygen atoms in total. The maximum absolute atomic E-state index is 12.9. The highest BCUT2D eigenvalue weighted by atomic mass is 32.1. The standard InChI is InChI=1S/C25H28N4O2S/c1-27(2)25(30)23-22(20-6-5-10-26-24(20)32-23)16-9-11-29(14-16)15-17-13-28(3)21-12-18(31-4)7-8-19(17)21/h5-8,10,12-13,16H,9,11,14-15H2,1-4H3/t16-/m1/s1. The molecule has 32 heavy (non-hydrogen) atoms. The summed E-state index contributed by atoms with van der Waals surface area (Å²) in [6.45, 7) is 2.86. The molecule has 1 aliphatic rings. The molecule has 3 aromatic heterocycles. The number of methoxy groups -OCH3 is 1. The maximum atomic E-state index is 12.9. The van der Waals surface area contributed by atoms with Crippen LogP contribution in [-0.4, -0.2) is 59.6 Å². The number of ether oxygens (including phenoxy) is 1. The number of pyridine rings is 1. The van der Waals surface area contributed by atoms with E-state index in [9.17, 15) is 4.79 Å². The van der Waals surface area contributed by atoms with Crippen LogP contribution in [0.1, 0.15) is 33.1 Å². The number of benzene rings is 1. The third kappa shape index (κ3) is 3.55.